The van der Waals surface area contributed by atoms with Crippen molar-refractivity contribution in [2.45, 2.75) is 6.92 Å². The van der Waals surface area contributed by atoms with Crippen LogP contribution in [0.15, 0.2) is 40.9 Å². The number of nitrogen functional groups attached to an aromatic ring is 1. The monoisotopic (exact) mass is 322 g/mol. The molecule has 1 amide bonds. The van der Waals surface area contributed by atoms with Gasteiger partial charge < -0.3 is 11.1 Å². The number of halogens is 2. The maximum absolute atomic E-state index is 12.9. The van der Waals surface area contributed by atoms with Gasteiger partial charge in [0.15, 0.2) is 0 Å². The Kier molecular flexibility index (Phi) is 3.85. The molecule has 0 aliphatic carbocycles. The van der Waals surface area contributed by atoms with Gasteiger partial charge >= 0.3 is 0 Å². The van der Waals surface area contributed by atoms with Crippen molar-refractivity contribution in [1.82, 2.24) is 0 Å². The van der Waals surface area contributed by atoms with Gasteiger partial charge in [0.1, 0.15) is 5.82 Å². The van der Waals surface area contributed by atoms with E-state index in [4.69, 9.17) is 5.73 Å². The van der Waals surface area contributed by atoms with Gasteiger partial charge in [-0.25, -0.2) is 4.39 Å². The summed E-state index contributed by atoms with van der Waals surface area (Å²) in [6, 6.07) is 9.24. The van der Waals surface area contributed by atoms with E-state index in [2.05, 4.69) is 21.2 Å². The molecule has 98 valence electrons. The second-order valence-electron chi connectivity index (χ2n) is 4.12. The van der Waals surface area contributed by atoms with Crippen LogP contribution in [0.5, 0.6) is 0 Å². The summed E-state index contributed by atoms with van der Waals surface area (Å²) in [4.78, 5) is 12.1. The fourth-order valence-electron chi connectivity index (χ4n) is 1.66. The molecule has 19 heavy (non-hydrogen) atoms. The van der Waals surface area contributed by atoms with E-state index in [1.807, 2.05) is 13.0 Å². The van der Waals surface area contributed by atoms with Gasteiger partial charge in [0.25, 0.3) is 5.91 Å². The molecule has 3 N–H and O–H groups in total. The molecule has 0 spiro atoms. The van der Waals surface area contributed by atoms with Crippen molar-refractivity contribution in [2.24, 2.45) is 0 Å². The highest BCUT2D eigenvalue weighted by molar-refractivity contribution is 9.10. The number of rotatable bonds is 2. The molecule has 0 radical (unpaired) electrons. The van der Waals surface area contributed by atoms with Gasteiger partial charge in [0, 0.05) is 4.47 Å². The Morgan fingerprint density at radius 1 is 1.32 bits per heavy atom. The van der Waals surface area contributed by atoms with Gasteiger partial charge in [-0.3, -0.25) is 4.79 Å². The third kappa shape index (κ3) is 2.93. The molecule has 0 saturated carbocycles. The minimum absolute atomic E-state index is 0.192. The van der Waals surface area contributed by atoms with Crippen molar-refractivity contribution in [3.63, 3.8) is 0 Å². The summed E-state index contributed by atoms with van der Waals surface area (Å²) < 4.78 is 13.7. The summed E-state index contributed by atoms with van der Waals surface area (Å²) in [6.45, 7) is 1.90. The molecule has 2 aromatic rings. The van der Waals surface area contributed by atoms with Crippen molar-refractivity contribution < 1.29 is 9.18 Å². The standard InChI is InChI=1S/C14H12BrFN2O/c1-8-3-2-4-10(13(8)15)14(19)18-12-6-5-9(16)7-11(12)17/h2-7H,17H2,1H3,(H,18,19). The molecule has 2 aromatic carbocycles. The molecule has 0 fully saturated rings. The van der Waals surface area contributed by atoms with Crippen LogP contribution >= 0.6 is 15.9 Å². The van der Waals surface area contributed by atoms with Crippen LogP contribution in [-0.2, 0) is 0 Å². The average Bonchev–Trinajstić information content (AvgIpc) is 2.36. The van der Waals surface area contributed by atoms with Gasteiger partial charge in [-0.2, -0.15) is 0 Å². The number of hydrogen-bond donors (Lipinski definition) is 2. The average molecular weight is 323 g/mol. The lowest BCUT2D eigenvalue weighted by Crippen LogP contribution is -2.14. The molecule has 0 aliphatic heterocycles. The van der Waals surface area contributed by atoms with Gasteiger partial charge in [0.05, 0.1) is 16.9 Å². The topological polar surface area (TPSA) is 55.1 Å². The fraction of sp³-hybridized carbons (Fsp3) is 0.0714. The highest BCUT2D eigenvalue weighted by Crippen LogP contribution is 2.24. The largest absolute Gasteiger partial charge is 0.397 e. The SMILES string of the molecule is Cc1cccc(C(=O)Nc2ccc(F)cc2N)c1Br. The van der Waals surface area contributed by atoms with Gasteiger partial charge in [-0.05, 0) is 52.7 Å². The maximum atomic E-state index is 12.9. The lowest BCUT2D eigenvalue weighted by atomic mass is 10.1. The second kappa shape index (κ2) is 5.40. The third-order valence-corrected chi connectivity index (χ3v) is 3.75. The Balaban J connectivity index is 2.28. The Labute approximate surface area is 118 Å². The van der Waals surface area contributed by atoms with E-state index >= 15 is 0 Å². The van der Waals surface area contributed by atoms with Crippen molar-refractivity contribution in [2.75, 3.05) is 11.1 Å². The van der Waals surface area contributed by atoms with E-state index in [1.54, 1.807) is 12.1 Å². The van der Waals surface area contributed by atoms with E-state index in [0.717, 1.165) is 10.0 Å². The third-order valence-electron chi connectivity index (χ3n) is 2.70. The van der Waals surface area contributed by atoms with Gasteiger partial charge in [-0.1, -0.05) is 12.1 Å². The fourth-order valence-corrected chi connectivity index (χ4v) is 2.10. The van der Waals surface area contributed by atoms with Crippen LogP contribution in [0.1, 0.15) is 15.9 Å². The molecular weight excluding hydrogens is 311 g/mol. The number of nitrogens with two attached hydrogens (primary N) is 1. The van der Waals surface area contributed by atoms with Crippen LogP contribution in [0.4, 0.5) is 15.8 Å². The van der Waals surface area contributed by atoms with Gasteiger partial charge in [0.2, 0.25) is 0 Å². The normalized spacial score (nSPS) is 10.3. The summed E-state index contributed by atoms with van der Waals surface area (Å²) in [5.41, 5.74) is 7.69. The van der Waals surface area contributed by atoms with Crippen molar-refractivity contribution in [3.8, 4) is 0 Å². The molecule has 5 heteroatoms. The highest BCUT2D eigenvalue weighted by Gasteiger charge is 2.12. The summed E-state index contributed by atoms with van der Waals surface area (Å²) in [5, 5.41) is 2.66. The van der Waals surface area contributed by atoms with Crippen LogP contribution in [0, 0.1) is 12.7 Å². The zero-order valence-corrected chi connectivity index (χ0v) is 11.8. The Bertz CT molecular complexity index is 643. The quantitative estimate of drug-likeness (QED) is 0.828. The number of carbonyl (C=O) groups is 1. The van der Waals surface area contributed by atoms with E-state index in [9.17, 15) is 9.18 Å². The first-order chi connectivity index (χ1) is 8.99. The predicted octanol–water partition coefficient (Wildman–Crippen LogP) is 3.73. The number of aryl methyl sites for hydroxylation is 1. The summed E-state index contributed by atoms with van der Waals surface area (Å²) in [7, 11) is 0. The van der Waals surface area contributed by atoms with E-state index in [-0.39, 0.29) is 11.6 Å². The lowest BCUT2D eigenvalue weighted by Gasteiger charge is -2.10. The molecule has 0 unspecified atom stereocenters. The van der Waals surface area contributed by atoms with Gasteiger partial charge in [-0.15, -0.1) is 0 Å². The van der Waals surface area contributed by atoms with Crippen LogP contribution in [0.25, 0.3) is 0 Å². The smallest absolute Gasteiger partial charge is 0.256 e. The molecule has 0 saturated heterocycles. The van der Waals surface area contributed by atoms with Crippen molar-refractivity contribution in [1.29, 1.82) is 0 Å². The van der Waals surface area contributed by atoms with E-state index < -0.39 is 5.82 Å². The first-order valence-corrected chi connectivity index (χ1v) is 6.40. The molecule has 0 bridgehead atoms. The van der Waals surface area contributed by atoms with Crippen molar-refractivity contribution in [3.05, 3.63) is 57.8 Å². The molecule has 0 aliphatic rings. The second-order valence-corrected chi connectivity index (χ2v) is 4.92. The molecule has 2 rings (SSSR count). The molecule has 0 heterocycles. The number of hydrogen-bond acceptors (Lipinski definition) is 2. The van der Waals surface area contributed by atoms with Crippen LogP contribution < -0.4 is 11.1 Å². The Morgan fingerprint density at radius 3 is 2.74 bits per heavy atom. The zero-order chi connectivity index (χ0) is 14.0. The van der Waals surface area contributed by atoms with Crippen molar-refractivity contribution >= 4 is 33.2 Å². The van der Waals surface area contributed by atoms with Crippen LogP contribution in [0.2, 0.25) is 0 Å². The van der Waals surface area contributed by atoms with E-state index in [1.165, 1.54) is 18.2 Å². The summed E-state index contributed by atoms with van der Waals surface area (Å²) >= 11 is 3.37. The highest BCUT2D eigenvalue weighted by atomic mass is 79.9. The minimum Gasteiger partial charge on any atom is -0.397 e. The Morgan fingerprint density at radius 2 is 2.05 bits per heavy atom. The lowest BCUT2D eigenvalue weighted by molar-refractivity contribution is 0.102. The van der Waals surface area contributed by atoms with Crippen LogP contribution in [0.3, 0.4) is 0 Å². The minimum atomic E-state index is -0.438. The predicted molar refractivity (Wildman–Crippen MR) is 77.6 cm³/mol. The number of nitrogens with one attached hydrogen (secondary N) is 1. The summed E-state index contributed by atoms with van der Waals surface area (Å²) in [5.74, 6) is -0.735. The molecule has 3 nitrogen and oxygen atoms in total. The number of anilines is 2. The van der Waals surface area contributed by atoms with E-state index in [0.29, 0.717) is 11.3 Å². The van der Waals surface area contributed by atoms with Crippen LogP contribution in [-0.4, -0.2) is 5.91 Å². The first-order valence-electron chi connectivity index (χ1n) is 5.60. The first kappa shape index (κ1) is 13.5. The molecule has 0 atom stereocenters. The summed E-state index contributed by atoms with van der Waals surface area (Å²) in [6.07, 6.45) is 0. The Hall–Kier alpha value is -1.88. The molecular formula is C14H12BrFN2O. The number of benzene rings is 2. The number of carbonyl (C=O) groups excluding carboxylic acids is 1. The molecule has 0 aromatic heterocycles. The zero-order valence-electron chi connectivity index (χ0n) is 10.2. The maximum Gasteiger partial charge on any atom is 0.256 e. The number of amides is 1.